The number of hydrogen-bond donors (Lipinski definition) is 2. The SMILES string of the molecule is CC(c1ccccc1)c1nnc(NC(=O)Nc2ccc(Cl)cc2Cl)s1. The van der Waals surface area contributed by atoms with Crippen molar-refractivity contribution in [2.24, 2.45) is 0 Å². The van der Waals surface area contributed by atoms with Gasteiger partial charge in [-0.3, -0.25) is 5.32 Å². The standard InChI is InChI=1S/C17H14Cl2N4OS/c1-10(11-5-3-2-4-6-11)15-22-23-17(25-15)21-16(24)20-14-8-7-12(18)9-13(14)19/h2-10H,1H3,(H2,20,21,23,24). The second-order valence-corrected chi connectivity index (χ2v) is 7.13. The molecule has 25 heavy (non-hydrogen) atoms. The highest BCUT2D eigenvalue weighted by Gasteiger charge is 2.15. The summed E-state index contributed by atoms with van der Waals surface area (Å²) in [6, 6.07) is 14.4. The van der Waals surface area contributed by atoms with Crippen LogP contribution in [0.15, 0.2) is 48.5 Å². The molecule has 2 N–H and O–H groups in total. The highest BCUT2D eigenvalue weighted by atomic mass is 35.5. The molecular formula is C17H14Cl2N4OS. The predicted molar refractivity (Wildman–Crippen MR) is 103 cm³/mol. The Kier molecular flexibility index (Phi) is 5.53. The number of carbonyl (C=O) groups excluding carboxylic acids is 1. The number of benzene rings is 2. The van der Waals surface area contributed by atoms with Crippen LogP contribution in [0.2, 0.25) is 10.0 Å². The predicted octanol–water partition coefficient (Wildman–Crippen LogP) is 5.64. The smallest absolute Gasteiger partial charge is 0.306 e. The molecule has 128 valence electrons. The molecule has 0 spiro atoms. The number of anilines is 2. The van der Waals surface area contributed by atoms with Gasteiger partial charge in [-0.2, -0.15) is 0 Å². The summed E-state index contributed by atoms with van der Waals surface area (Å²) in [7, 11) is 0. The fourth-order valence-corrected chi connectivity index (χ4v) is 3.46. The van der Waals surface area contributed by atoms with Crippen molar-refractivity contribution < 1.29 is 4.79 Å². The van der Waals surface area contributed by atoms with Crippen LogP contribution >= 0.6 is 34.5 Å². The lowest BCUT2D eigenvalue weighted by molar-refractivity contribution is 0.262. The van der Waals surface area contributed by atoms with E-state index in [9.17, 15) is 4.79 Å². The van der Waals surface area contributed by atoms with Crippen LogP contribution in [0.25, 0.3) is 0 Å². The van der Waals surface area contributed by atoms with E-state index in [-0.39, 0.29) is 5.92 Å². The molecule has 3 aromatic rings. The second kappa shape index (κ2) is 7.82. The maximum Gasteiger partial charge on any atom is 0.325 e. The molecule has 2 aromatic carbocycles. The van der Waals surface area contributed by atoms with Crippen molar-refractivity contribution in [3.63, 3.8) is 0 Å². The summed E-state index contributed by atoms with van der Waals surface area (Å²) < 4.78 is 0. The van der Waals surface area contributed by atoms with Gasteiger partial charge in [0.05, 0.1) is 10.7 Å². The zero-order valence-corrected chi connectivity index (χ0v) is 15.5. The van der Waals surface area contributed by atoms with Crippen LogP contribution in [0.3, 0.4) is 0 Å². The van der Waals surface area contributed by atoms with Crippen molar-refractivity contribution in [1.82, 2.24) is 10.2 Å². The number of carbonyl (C=O) groups is 1. The van der Waals surface area contributed by atoms with E-state index in [1.54, 1.807) is 18.2 Å². The summed E-state index contributed by atoms with van der Waals surface area (Å²) in [5.74, 6) is 0.100. The average molecular weight is 393 g/mol. The fraction of sp³-hybridized carbons (Fsp3) is 0.118. The third kappa shape index (κ3) is 4.48. The lowest BCUT2D eigenvalue weighted by Crippen LogP contribution is -2.19. The number of hydrogen-bond acceptors (Lipinski definition) is 4. The Labute approximate surface area is 159 Å². The van der Waals surface area contributed by atoms with Gasteiger partial charge in [0.2, 0.25) is 5.13 Å². The number of aromatic nitrogens is 2. The Balaban J connectivity index is 1.66. The van der Waals surface area contributed by atoms with Crippen LogP contribution in [0.1, 0.15) is 23.4 Å². The Morgan fingerprint density at radius 1 is 1.08 bits per heavy atom. The highest BCUT2D eigenvalue weighted by Crippen LogP contribution is 2.29. The summed E-state index contributed by atoms with van der Waals surface area (Å²) >= 11 is 13.2. The topological polar surface area (TPSA) is 66.9 Å². The van der Waals surface area contributed by atoms with Gasteiger partial charge < -0.3 is 5.32 Å². The van der Waals surface area contributed by atoms with E-state index in [0.29, 0.717) is 20.9 Å². The molecule has 8 heteroatoms. The van der Waals surface area contributed by atoms with Crippen molar-refractivity contribution in [3.05, 3.63) is 69.1 Å². The van der Waals surface area contributed by atoms with E-state index in [4.69, 9.17) is 23.2 Å². The van der Waals surface area contributed by atoms with Crippen molar-refractivity contribution >= 4 is 51.4 Å². The van der Waals surface area contributed by atoms with Gasteiger partial charge in [-0.05, 0) is 23.8 Å². The van der Waals surface area contributed by atoms with E-state index in [2.05, 4.69) is 20.8 Å². The number of urea groups is 1. The van der Waals surface area contributed by atoms with Gasteiger partial charge >= 0.3 is 6.03 Å². The van der Waals surface area contributed by atoms with Crippen LogP contribution in [0, 0.1) is 0 Å². The van der Waals surface area contributed by atoms with Gasteiger partial charge in [-0.1, -0.05) is 71.8 Å². The molecule has 1 aromatic heterocycles. The summed E-state index contributed by atoms with van der Waals surface area (Å²) in [5, 5.41) is 15.6. The van der Waals surface area contributed by atoms with Crippen molar-refractivity contribution in [3.8, 4) is 0 Å². The van der Waals surface area contributed by atoms with Crippen LogP contribution < -0.4 is 10.6 Å². The summed E-state index contributed by atoms with van der Waals surface area (Å²) in [5.41, 5.74) is 1.61. The molecular weight excluding hydrogens is 379 g/mol. The Bertz CT molecular complexity index is 885. The average Bonchev–Trinajstić information content (AvgIpc) is 3.06. The van der Waals surface area contributed by atoms with Crippen molar-refractivity contribution in [2.75, 3.05) is 10.6 Å². The maximum atomic E-state index is 12.1. The first-order valence-electron chi connectivity index (χ1n) is 7.44. The van der Waals surface area contributed by atoms with Crippen molar-refractivity contribution in [1.29, 1.82) is 0 Å². The monoisotopic (exact) mass is 392 g/mol. The lowest BCUT2D eigenvalue weighted by Gasteiger charge is -2.07. The number of halogens is 2. The summed E-state index contributed by atoms with van der Waals surface area (Å²) in [6.45, 7) is 2.05. The first kappa shape index (κ1) is 17.7. The van der Waals surface area contributed by atoms with E-state index >= 15 is 0 Å². The molecule has 2 amide bonds. The van der Waals surface area contributed by atoms with E-state index in [1.807, 2.05) is 37.3 Å². The maximum absolute atomic E-state index is 12.1. The minimum absolute atomic E-state index is 0.100. The number of amides is 2. The minimum atomic E-state index is -0.445. The molecule has 3 rings (SSSR count). The Hall–Kier alpha value is -2.15. The molecule has 5 nitrogen and oxygen atoms in total. The summed E-state index contributed by atoms with van der Waals surface area (Å²) in [4.78, 5) is 12.1. The van der Waals surface area contributed by atoms with Gasteiger partial charge in [0.25, 0.3) is 0 Å². The number of nitrogens with zero attached hydrogens (tertiary/aromatic N) is 2. The van der Waals surface area contributed by atoms with Gasteiger partial charge in [0, 0.05) is 10.9 Å². The van der Waals surface area contributed by atoms with Gasteiger partial charge in [0.15, 0.2) is 0 Å². The molecule has 1 heterocycles. The molecule has 1 unspecified atom stereocenters. The van der Waals surface area contributed by atoms with E-state index in [1.165, 1.54) is 11.3 Å². The van der Waals surface area contributed by atoms with E-state index in [0.717, 1.165) is 10.6 Å². The number of nitrogens with one attached hydrogen (secondary N) is 2. The quantitative estimate of drug-likeness (QED) is 0.603. The van der Waals surface area contributed by atoms with Crippen molar-refractivity contribution in [2.45, 2.75) is 12.8 Å². The lowest BCUT2D eigenvalue weighted by atomic mass is 10.0. The van der Waals surface area contributed by atoms with Gasteiger partial charge in [-0.25, -0.2) is 4.79 Å². The molecule has 1 atom stereocenters. The van der Waals surface area contributed by atoms with Gasteiger partial charge in [-0.15, -0.1) is 10.2 Å². The second-order valence-electron chi connectivity index (χ2n) is 5.28. The van der Waals surface area contributed by atoms with Crippen LogP contribution in [0.5, 0.6) is 0 Å². The molecule has 0 aliphatic carbocycles. The van der Waals surface area contributed by atoms with Crippen LogP contribution in [-0.2, 0) is 0 Å². The highest BCUT2D eigenvalue weighted by molar-refractivity contribution is 7.15. The van der Waals surface area contributed by atoms with Gasteiger partial charge in [0.1, 0.15) is 5.01 Å². The Morgan fingerprint density at radius 2 is 1.84 bits per heavy atom. The Morgan fingerprint density at radius 3 is 2.56 bits per heavy atom. The fourth-order valence-electron chi connectivity index (χ4n) is 2.19. The zero-order chi connectivity index (χ0) is 17.8. The third-order valence-corrected chi connectivity index (χ3v) is 5.08. The molecule has 0 aliphatic rings. The molecule has 0 saturated carbocycles. The third-order valence-electron chi connectivity index (χ3n) is 3.51. The largest absolute Gasteiger partial charge is 0.325 e. The first-order chi connectivity index (χ1) is 12.0. The molecule has 0 aliphatic heterocycles. The number of rotatable bonds is 4. The minimum Gasteiger partial charge on any atom is -0.306 e. The van der Waals surface area contributed by atoms with Crippen LogP contribution in [0.4, 0.5) is 15.6 Å². The molecule has 0 saturated heterocycles. The first-order valence-corrected chi connectivity index (χ1v) is 9.01. The summed E-state index contributed by atoms with van der Waals surface area (Å²) in [6.07, 6.45) is 0. The van der Waals surface area contributed by atoms with Crippen LogP contribution in [-0.4, -0.2) is 16.2 Å². The van der Waals surface area contributed by atoms with E-state index < -0.39 is 6.03 Å². The molecule has 0 radical (unpaired) electrons. The molecule has 0 bridgehead atoms. The molecule has 0 fully saturated rings. The zero-order valence-electron chi connectivity index (χ0n) is 13.2. The normalized spacial score (nSPS) is 11.8.